The predicted molar refractivity (Wildman–Crippen MR) is 109 cm³/mol. The standard InChI is InChI=1S/C18H22F2N4O.HI/c1-2-22-18(23-11-9-14-6-5-10-21-12-14)24-13-15-7-3-4-8-16(15)25-17(19)20;/h3-8,10,12,17H,2,9,11,13H2,1H3,(H2,22,23,24);1H. The monoisotopic (exact) mass is 476 g/mol. The zero-order valence-corrected chi connectivity index (χ0v) is 16.8. The summed E-state index contributed by atoms with van der Waals surface area (Å²) >= 11 is 0. The molecule has 2 aromatic rings. The van der Waals surface area contributed by atoms with E-state index in [1.54, 1.807) is 24.4 Å². The number of ether oxygens (including phenoxy) is 1. The molecule has 0 aliphatic heterocycles. The van der Waals surface area contributed by atoms with Crippen LogP contribution in [0.4, 0.5) is 8.78 Å². The number of guanidine groups is 1. The number of nitrogens with one attached hydrogen (secondary N) is 2. The van der Waals surface area contributed by atoms with Crippen LogP contribution in [0, 0.1) is 0 Å². The van der Waals surface area contributed by atoms with E-state index in [9.17, 15) is 8.78 Å². The number of hydrogen-bond donors (Lipinski definition) is 2. The van der Waals surface area contributed by atoms with E-state index >= 15 is 0 Å². The summed E-state index contributed by atoms with van der Waals surface area (Å²) < 4.78 is 29.4. The summed E-state index contributed by atoms with van der Waals surface area (Å²) in [7, 11) is 0. The first kappa shape index (κ1) is 22.1. The van der Waals surface area contributed by atoms with E-state index in [2.05, 4.69) is 25.3 Å². The van der Waals surface area contributed by atoms with Gasteiger partial charge in [0.25, 0.3) is 0 Å². The summed E-state index contributed by atoms with van der Waals surface area (Å²) in [6.07, 6.45) is 4.37. The van der Waals surface area contributed by atoms with Crippen LogP contribution in [-0.2, 0) is 13.0 Å². The molecule has 1 aromatic heterocycles. The van der Waals surface area contributed by atoms with Crippen molar-refractivity contribution in [2.24, 2.45) is 4.99 Å². The van der Waals surface area contributed by atoms with Crippen LogP contribution >= 0.6 is 24.0 Å². The Balaban J connectivity index is 0.00000338. The normalized spacial score (nSPS) is 11.0. The van der Waals surface area contributed by atoms with Crippen LogP contribution in [0.1, 0.15) is 18.1 Å². The lowest BCUT2D eigenvalue weighted by Crippen LogP contribution is -2.38. The molecule has 2 N–H and O–H groups in total. The molecule has 5 nitrogen and oxygen atoms in total. The Morgan fingerprint density at radius 3 is 2.69 bits per heavy atom. The third-order valence-electron chi connectivity index (χ3n) is 3.37. The Bertz CT molecular complexity index is 671. The number of pyridine rings is 1. The quantitative estimate of drug-likeness (QED) is 0.348. The summed E-state index contributed by atoms with van der Waals surface area (Å²) in [5, 5.41) is 6.36. The highest BCUT2D eigenvalue weighted by Crippen LogP contribution is 2.20. The highest BCUT2D eigenvalue weighted by atomic mass is 127. The highest BCUT2D eigenvalue weighted by molar-refractivity contribution is 14.0. The molecular formula is C18H23F2IN4O. The maximum absolute atomic E-state index is 12.5. The average Bonchev–Trinajstić information content (AvgIpc) is 2.61. The minimum Gasteiger partial charge on any atom is -0.434 e. The second-order valence-corrected chi connectivity index (χ2v) is 5.22. The number of halogens is 3. The maximum Gasteiger partial charge on any atom is 0.387 e. The van der Waals surface area contributed by atoms with Crippen LogP contribution in [-0.4, -0.2) is 30.6 Å². The van der Waals surface area contributed by atoms with Crippen LogP contribution in [0.25, 0.3) is 0 Å². The van der Waals surface area contributed by atoms with Crippen molar-refractivity contribution in [1.82, 2.24) is 15.6 Å². The molecule has 8 heteroatoms. The Labute approximate surface area is 169 Å². The van der Waals surface area contributed by atoms with Gasteiger partial charge in [-0.25, -0.2) is 4.99 Å². The van der Waals surface area contributed by atoms with E-state index < -0.39 is 6.61 Å². The van der Waals surface area contributed by atoms with Crippen LogP contribution in [0.15, 0.2) is 53.8 Å². The Morgan fingerprint density at radius 2 is 2.00 bits per heavy atom. The van der Waals surface area contributed by atoms with Crippen molar-refractivity contribution < 1.29 is 13.5 Å². The van der Waals surface area contributed by atoms with Crippen molar-refractivity contribution in [3.63, 3.8) is 0 Å². The first-order chi connectivity index (χ1) is 12.2. The molecule has 0 amide bonds. The summed E-state index contributed by atoms with van der Waals surface area (Å²) in [4.78, 5) is 8.52. The van der Waals surface area contributed by atoms with Gasteiger partial charge in [-0.1, -0.05) is 24.3 Å². The third kappa shape index (κ3) is 7.94. The van der Waals surface area contributed by atoms with Gasteiger partial charge in [0.2, 0.25) is 0 Å². The van der Waals surface area contributed by atoms with Crippen LogP contribution in [0.3, 0.4) is 0 Å². The van der Waals surface area contributed by atoms with Crippen molar-refractivity contribution in [3.05, 3.63) is 59.9 Å². The second-order valence-electron chi connectivity index (χ2n) is 5.22. The smallest absolute Gasteiger partial charge is 0.387 e. The molecular weight excluding hydrogens is 453 g/mol. The topological polar surface area (TPSA) is 58.5 Å². The van der Waals surface area contributed by atoms with E-state index in [1.165, 1.54) is 6.07 Å². The van der Waals surface area contributed by atoms with Gasteiger partial charge in [0.15, 0.2) is 5.96 Å². The van der Waals surface area contributed by atoms with Gasteiger partial charge in [-0.15, -0.1) is 24.0 Å². The van der Waals surface area contributed by atoms with E-state index in [-0.39, 0.29) is 36.3 Å². The minimum atomic E-state index is -2.85. The third-order valence-corrected chi connectivity index (χ3v) is 3.37. The predicted octanol–water partition coefficient (Wildman–Crippen LogP) is 3.60. The van der Waals surface area contributed by atoms with Crippen molar-refractivity contribution in [2.75, 3.05) is 13.1 Å². The van der Waals surface area contributed by atoms with E-state index in [0.29, 0.717) is 24.6 Å². The Kier molecular flexibility index (Phi) is 10.5. The van der Waals surface area contributed by atoms with Crippen molar-refractivity contribution in [2.45, 2.75) is 26.5 Å². The van der Waals surface area contributed by atoms with Gasteiger partial charge in [-0.05, 0) is 31.0 Å². The molecule has 0 aliphatic rings. The minimum absolute atomic E-state index is 0. The molecule has 0 aliphatic carbocycles. The van der Waals surface area contributed by atoms with Crippen molar-refractivity contribution in [1.29, 1.82) is 0 Å². The molecule has 0 saturated carbocycles. The fourth-order valence-electron chi connectivity index (χ4n) is 2.22. The van der Waals surface area contributed by atoms with Gasteiger partial charge in [0, 0.05) is 31.0 Å². The number of aliphatic imine (C=N–C) groups is 1. The SMILES string of the molecule is CCNC(=NCc1ccccc1OC(F)F)NCCc1cccnc1.I. The fraction of sp³-hybridized carbons (Fsp3) is 0.333. The summed E-state index contributed by atoms with van der Waals surface area (Å²) in [6.45, 7) is 0.744. The Hall–Kier alpha value is -1.97. The van der Waals surface area contributed by atoms with Crippen LogP contribution in [0.2, 0.25) is 0 Å². The van der Waals surface area contributed by atoms with E-state index in [1.807, 2.05) is 25.3 Å². The number of alkyl halides is 2. The lowest BCUT2D eigenvalue weighted by molar-refractivity contribution is -0.0504. The molecule has 0 radical (unpaired) electrons. The van der Waals surface area contributed by atoms with Gasteiger partial charge in [-0.3, -0.25) is 4.98 Å². The number of hydrogen-bond acceptors (Lipinski definition) is 3. The lowest BCUT2D eigenvalue weighted by Gasteiger charge is -2.12. The van der Waals surface area contributed by atoms with Gasteiger partial charge in [0.05, 0.1) is 6.54 Å². The van der Waals surface area contributed by atoms with E-state index in [0.717, 1.165) is 12.0 Å². The molecule has 0 saturated heterocycles. The van der Waals surface area contributed by atoms with Crippen molar-refractivity contribution in [3.8, 4) is 5.75 Å². The lowest BCUT2D eigenvalue weighted by atomic mass is 10.2. The number of benzene rings is 1. The van der Waals surface area contributed by atoms with E-state index in [4.69, 9.17) is 0 Å². The molecule has 0 atom stereocenters. The Morgan fingerprint density at radius 1 is 1.19 bits per heavy atom. The largest absolute Gasteiger partial charge is 0.434 e. The first-order valence-corrected chi connectivity index (χ1v) is 8.13. The average molecular weight is 476 g/mol. The molecule has 142 valence electrons. The highest BCUT2D eigenvalue weighted by Gasteiger charge is 2.09. The molecule has 0 fully saturated rings. The maximum atomic E-state index is 12.5. The summed E-state index contributed by atoms with van der Waals surface area (Å²) in [5.74, 6) is 0.769. The fourth-order valence-corrected chi connectivity index (χ4v) is 2.22. The van der Waals surface area contributed by atoms with Gasteiger partial charge >= 0.3 is 6.61 Å². The number of rotatable bonds is 8. The summed E-state index contributed by atoms with van der Waals surface area (Å²) in [6, 6.07) is 10.6. The van der Waals surface area contributed by atoms with Crippen molar-refractivity contribution >= 4 is 29.9 Å². The first-order valence-electron chi connectivity index (χ1n) is 8.13. The van der Waals surface area contributed by atoms with Gasteiger partial charge < -0.3 is 15.4 Å². The van der Waals surface area contributed by atoms with Gasteiger partial charge in [-0.2, -0.15) is 8.78 Å². The number of para-hydroxylation sites is 1. The molecule has 1 heterocycles. The number of nitrogens with zero attached hydrogens (tertiary/aromatic N) is 2. The molecule has 0 unspecified atom stereocenters. The zero-order chi connectivity index (χ0) is 17.9. The molecule has 0 bridgehead atoms. The van der Waals surface area contributed by atoms with Crippen LogP contribution < -0.4 is 15.4 Å². The summed E-state index contributed by atoms with van der Waals surface area (Å²) in [5.41, 5.74) is 1.73. The molecule has 0 spiro atoms. The zero-order valence-electron chi connectivity index (χ0n) is 14.5. The molecule has 26 heavy (non-hydrogen) atoms. The second kappa shape index (κ2) is 12.4. The number of aromatic nitrogens is 1. The molecule has 1 aromatic carbocycles. The van der Waals surface area contributed by atoms with Gasteiger partial charge in [0.1, 0.15) is 5.75 Å². The molecule has 2 rings (SSSR count). The van der Waals surface area contributed by atoms with Crippen LogP contribution in [0.5, 0.6) is 5.75 Å².